The van der Waals surface area contributed by atoms with Crippen molar-refractivity contribution in [2.24, 2.45) is 5.84 Å². The molecule has 20 heavy (non-hydrogen) atoms. The first-order valence-electron chi connectivity index (χ1n) is 6.38. The van der Waals surface area contributed by atoms with E-state index in [0.717, 1.165) is 5.69 Å². The van der Waals surface area contributed by atoms with Gasteiger partial charge in [0.1, 0.15) is 12.4 Å². The third kappa shape index (κ3) is 3.58. The first-order valence-corrected chi connectivity index (χ1v) is 6.38. The van der Waals surface area contributed by atoms with Crippen molar-refractivity contribution in [2.75, 3.05) is 12.0 Å². The zero-order valence-electron chi connectivity index (χ0n) is 11.6. The second-order valence-electron chi connectivity index (χ2n) is 4.12. The number of hydrogen-bond acceptors (Lipinski definition) is 6. The quantitative estimate of drug-likeness (QED) is 0.619. The van der Waals surface area contributed by atoms with Gasteiger partial charge >= 0.3 is 0 Å². The summed E-state index contributed by atoms with van der Waals surface area (Å²) < 4.78 is 11.2. The smallest absolute Gasteiger partial charge is 0.168 e. The van der Waals surface area contributed by atoms with Crippen molar-refractivity contribution >= 4 is 5.82 Å². The van der Waals surface area contributed by atoms with Crippen LogP contribution in [0, 0.1) is 6.92 Å². The van der Waals surface area contributed by atoms with E-state index >= 15 is 0 Å². The largest absolute Gasteiger partial charge is 0.490 e. The minimum Gasteiger partial charge on any atom is -0.490 e. The summed E-state index contributed by atoms with van der Waals surface area (Å²) in [5, 5.41) is 0. The maximum Gasteiger partial charge on any atom is 0.168 e. The van der Waals surface area contributed by atoms with E-state index in [4.69, 9.17) is 15.3 Å². The fourth-order valence-electron chi connectivity index (χ4n) is 1.75. The third-order valence-electron chi connectivity index (χ3n) is 2.55. The summed E-state index contributed by atoms with van der Waals surface area (Å²) in [5.74, 6) is 7.86. The number of para-hydroxylation sites is 2. The minimum absolute atomic E-state index is 0.250. The van der Waals surface area contributed by atoms with E-state index in [1.54, 1.807) is 6.07 Å². The highest BCUT2D eigenvalue weighted by Crippen LogP contribution is 2.26. The first-order chi connectivity index (χ1) is 9.72. The number of rotatable bonds is 6. The van der Waals surface area contributed by atoms with E-state index < -0.39 is 0 Å². The van der Waals surface area contributed by atoms with E-state index in [1.165, 1.54) is 0 Å². The van der Waals surface area contributed by atoms with Gasteiger partial charge in [-0.2, -0.15) is 0 Å². The van der Waals surface area contributed by atoms with Gasteiger partial charge in [-0.1, -0.05) is 12.1 Å². The molecule has 0 saturated heterocycles. The first kappa shape index (κ1) is 14.1. The maximum atomic E-state index is 5.71. The lowest BCUT2D eigenvalue weighted by atomic mass is 10.3. The Hall–Kier alpha value is -2.34. The number of hydrogen-bond donors (Lipinski definition) is 2. The third-order valence-corrected chi connectivity index (χ3v) is 2.55. The standard InChI is InChI=1S/C14H18N4O2/c1-3-19-11-6-4-5-7-12(11)20-9-14-16-10(2)8-13(17-14)18-15/h4-8H,3,9,15H2,1-2H3,(H,16,17,18). The van der Waals surface area contributed by atoms with Crippen LogP contribution in [0.15, 0.2) is 30.3 Å². The molecular weight excluding hydrogens is 256 g/mol. The number of nitrogens with two attached hydrogens (primary N) is 1. The van der Waals surface area contributed by atoms with Gasteiger partial charge in [-0.25, -0.2) is 15.8 Å². The lowest BCUT2D eigenvalue weighted by molar-refractivity contribution is 0.263. The van der Waals surface area contributed by atoms with Gasteiger partial charge in [0, 0.05) is 11.8 Å². The Kier molecular flexibility index (Phi) is 4.73. The van der Waals surface area contributed by atoms with Gasteiger partial charge in [0.05, 0.1) is 6.61 Å². The summed E-state index contributed by atoms with van der Waals surface area (Å²) in [4.78, 5) is 8.53. The number of nitrogens with one attached hydrogen (secondary N) is 1. The molecule has 1 heterocycles. The van der Waals surface area contributed by atoms with Crippen LogP contribution < -0.4 is 20.7 Å². The van der Waals surface area contributed by atoms with Crippen LogP contribution in [0.2, 0.25) is 0 Å². The van der Waals surface area contributed by atoms with Crippen LogP contribution in [0.5, 0.6) is 11.5 Å². The lowest BCUT2D eigenvalue weighted by Gasteiger charge is -2.11. The van der Waals surface area contributed by atoms with Gasteiger partial charge in [-0.15, -0.1) is 0 Å². The Bertz CT molecular complexity index is 575. The Labute approximate surface area is 117 Å². The zero-order chi connectivity index (χ0) is 14.4. The second kappa shape index (κ2) is 6.72. The molecule has 0 aliphatic rings. The van der Waals surface area contributed by atoms with E-state index in [-0.39, 0.29) is 6.61 Å². The molecule has 3 N–H and O–H groups in total. The molecule has 106 valence electrons. The van der Waals surface area contributed by atoms with Crippen molar-refractivity contribution in [3.05, 3.63) is 41.9 Å². The van der Waals surface area contributed by atoms with Crippen LogP contribution in [-0.4, -0.2) is 16.6 Å². The van der Waals surface area contributed by atoms with E-state index in [1.807, 2.05) is 38.1 Å². The zero-order valence-corrected chi connectivity index (χ0v) is 11.6. The molecule has 6 heteroatoms. The van der Waals surface area contributed by atoms with Crippen molar-refractivity contribution in [1.82, 2.24) is 9.97 Å². The molecule has 0 aliphatic heterocycles. The molecule has 6 nitrogen and oxygen atoms in total. The lowest BCUT2D eigenvalue weighted by Crippen LogP contribution is -2.12. The van der Waals surface area contributed by atoms with Crippen LogP contribution >= 0.6 is 0 Å². The van der Waals surface area contributed by atoms with Gasteiger partial charge in [0.15, 0.2) is 17.3 Å². The summed E-state index contributed by atoms with van der Waals surface area (Å²) in [6, 6.07) is 9.27. The van der Waals surface area contributed by atoms with E-state index in [0.29, 0.717) is 29.7 Å². The summed E-state index contributed by atoms with van der Waals surface area (Å²) in [6.45, 7) is 4.64. The number of aryl methyl sites for hydroxylation is 1. The number of aromatic nitrogens is 2. The average molecular weight is 274 g/mol. The Balaban J connectivity index is 2.10. The molecule has 0 unspecified atom stereocenters. The number of nitrogens with zero attached hydrogens (tertiary/aromatic N) is 2. The van der Waals surface area contributed by atoms with E-state index in [9.17, 15) is 0 Å². The summed E-state index contributed by atoms with van der Waals surface area (Å²) in [6.07, 6.45) is 0. The van der Waals surface area contributed by atoms with E-state index in [2.05, 4.69) is 15.4 Å². The molecule has 0 fully saturated rings. The van der Waals surface area contributed by atoms with Crippen LogP contribution in [0.3, 0.4) is 0 Å². The van der Waals surface area contributed by atoms with Crippen LogP contribution in [0.25, 0.3) is 0 Å². The highest BCUT2D eigenvalue weighted by molar-refractivity contribution is 5.39. The van der Waals surface area contributed by atoms with Gasteiger partial charge < -0.3 is 14.9 Å². The fraction of sp³-hybridized carbons (Fsp3) is 0.286. The van der Waals surface area contributed by atoms with Crippen molar-refractivity contribution < 1.29 is 9.47 Å². The topological polar surface area (TPSA) is 82.3 Å². The molecule has 2 rings (SSSR count). The van der Waals surface area contributed by atoms with Crippen LogP contribution in [0.1, 0.15) is 18.4 Å². The molecule has 0 bridgehead atoms. The highest BCUT2D eigenvalue weighted by Gasteiger charge is 2.06. The monoisotopic (exact) mass is 274 g/mol. The summed E-state index contributed by atoms with van der Waals surface area (Å²) in [5.41, 5.74) is 3.33. The maximum absolute atomic E-state index is 5.71. The van der Waals surface area contributed by atoms with Gasteiger partial charge in [-0.3, -0.25) is 0 Å². The fourth-order valence-corrected chi connectivity index (χ4v) is 1.75. The predicted molar refractivity (Wildman–Crippen MR) is 76.5 cm³/mol. The normalized spacial score (nSPS) is 10.2. The SMILES string of the molecule is CCOc1ccccc1OCc1nc(C)cc(NN)n1. The molecule has 0 spiro atoms. The molecule has 0 atom stereocenters. The van der Waals surface area contributed by atoms with Crippen molar-refractivity contribution in [1.29, 1.82) is 0 Å². The Morgan fingerprint density at radius 1 is 1.15 bits per heavy atom. The summed E-state index contributed by atoms with van der Waals surface area (Å²) in [7, 11) is 0. The van der Waals surface area contributed by atoms with Crippen LogP contribution in [-0.2, 0) is 6.61 Å². The van der Waals surface area contributed by atoms with Gasteiger partial charge in [0.25, 0.3) is 0 Å². The van der Waals surface area contributed by atoms with Gasteiger partial charge in [-0.05, 0) is 26.0 Å². The molecule has 0 radical (unpaired) electrons. The number of benzene rings is 1. The summed E-state index contributed by atoms with van der Waals surface area (Å²) >= 11 is 0. The average Bonchev–Trinajstić information content (AvgIpc) is 2.46. The molecule has 2 aromatic rings. The van der Waals surface area contributed by atoms with Crippen molar-refractivity contribution in [3.8, 4) is 11.5 Å². The number of hydrazine groups is 1. The Morgan fingerprint density at radius 2 is 1.85 bits per heavy atom. The van der Waals surface area contributed by atoms with Crippen molar-refractivity contribution in [2.45, 2.75) is 20.5 Å². The van der Waals surface area contributed by atoms with Gasteiger partial charge in [0.2, 0.25) is 0 Å². The predicted octanol–water partition coefficient (Wildman–Crippen LogP) is 2.05. The molecular formula is C14H18N4O2. The Morgan fingerprint density at radius 3 is 2.50 bits per heavy atom. The number of nitrogen functional groups attached to an aromatic ring is 1. The molecule has 0 amide bonds. The molecule has 1 aromatic heterocycles. The molecule has 0 saturated carbocycles. The molecule has 0 aliphatic carbocycles. The molecule has 1 aromatic carbocycles. The number of ether oxygens (including phenoxy) is 2. The minimum atomic E-state index is 0.250. The van der Waals surface area contributed by atoms with Crippen LogP contribution in [0.4, 0.5) is 5.82 Å². The highest BCUT2D eigenvalue weighted by atomic mass is 16.5. The second-order valence-corrected chi connectivity index (χ2v) is 4.12. The van der Waals surface area contributed by atoms with Crippen molar-refractivity contribution in [3.63, 3.8) is 0 Å². The number of anilines is 1.